The predicted octanol–water partition coefficient (Wildman–Crippen LogP) is 4.24. The molecule has 0 saturated heterocycles. The maximum atomic E-state index is 11.8. The largest absolute Gasteiger partial charge is 0.355 e. The lowest BCUT2D eigenvalue weighted by Gasteiger charge is -2.06. The number of amides is 1. The molecule has 0 spiro atoms. The first-order valence-corrected chi connectivity index (χ1v) is 8.81. The minimum absolute atomic E-state index is 0.0796. The van der Waals surface area contributed by atoms with E-state index in [-0.39, 0.29) is 5.91 Å². The maximum Gasteiger partial charge on any atom is 0.224 e. The monoisotopic (exact) mass is 333 g/mol. The highest BCUT2D eigenvalue weighted by Gasteiger charge is 2.02. The fourth-order valence-electron chi connectivity index (χ4n) is 1.99. The topological polar surface area (TPSA) is 29.1 Å². The highest BCUT2D eigenvalue weighted by atomic mass is 35.5. The summed E-state index contributed by atoms with van der Waals surface area (Å²) < 4.78 is 0. The predicted molar refractivity (Wildman–Crippen MR) is 95.5 cm³/mol. The minimum Gasteiger partial charge on any atom is -0.355 e. The van der Waals surface area contributed by atoms with Crippen LogP contribution >= 0.6 is 23.4 Å². The van der Waals surface area contributed by atoms with Crippen LogP contribution in [0.4, 0.5) is 0 Å². The zero-order valence-electron chi connectivity index (χ0n) is 12.6. The highest BCUT2D eigenvalue weighted by Crippen LogP contribution is 2.15. The molecule has 0 heterocycles. The van der Waals surface area contributed by atoms with Gasteiger partial charge in [0.15, 0.2) is 0 Å². The second-order valence-corrected chi connectivity index (χ2v) is 6.73. The number of benzene rings is 2. The lowest BCUT2D eigenvalue weighted by atomic mass is 10.1. The zero-order chi connectivity index (χ0) is 15.8. The summed E-state index contributed by atoms with van der Waals surface area (Å²) in [6, 6.07) is 15.9. The van der Waals surface area contributed by atoms with Crippen molar-refractivity contribution in [1.29, 1.82) is 0 Å². The summed E-state index contributed by atoms with van der Waals surface area (Å²) in [5, 5.41) is 3.72. The first-order valence-electron chi connectivity index (χ1n) is 7.28. The van der Waals surface area contributed by atoms with Crippen LogP contribution in [-0.4, -0.2) is 18.2 Å². The van der Waals surface area contributed by atoms with Crippen molar-refractivity contribution in [1.82, 2.24) is 5.32 Å². The first-order chi connectivity index (χ1) is 10.6. The molecule has 4 heteroatoms. The van der Waals surface area contributed by atoms with Gasteiger partial charge in [0.1, 0.15) is 0 Å². The molecule has 0 aliphatic rings. The zero-order valence-corrected chi connectivity index (χ0v) is 14.2. The van der Waals surface area contributed by atoms with Gasteiger partial charge in [-0.2, -0.15) is 11.8 Å². The number of rotatable bonds is 7. The third kappa shape index (κ3) is 6.12. The third-order valence-corrected chi connectivity index (χ3v) is 4.52. The lowest BCUT2D eigenvalue weighted by molar-refractivity contribution is -0.120. The number of nitrogens with one attached hydrogen (secondary N) is 1. The van der Waals surface area contributed by atoms with Crippen LogP contribution in [0.2, 0.25) is 5.02 Å². The summed E-state index contributed by atoms with van der Waals surface area (Å²) in [5.41, 5.74) is 3.51. The maximum absolute atomic E-state index is 11.8. The highest BCUT2D eigenvalue weighted by molar-refractivity contribution is 7.98. The Morgan fingerprint density at radius 2 is 1.68 bits per heavy atom. The molecule has 0 radical (unpaired) electrons. The van der Waals surface area contributed by atoms with Crippen LogP contribution in [0.15, 0.2) is 48.5 Å². The molecule has 0 aliphatic heterocycles. The van der Waals surface area contributed by atoms with Crippen LogP contribution in [0.25, 0.3) is 0 Å². The number of carbonyl (C=O) groups excluding carboxylic acids is 1. The number of hydrogen-bond acceptors (Lipinski definition) is 2. The summed E-state index contributed by atoms with van der Waals surface area (Å²) in [6.07, 6.45) is 0.447. The fraction of sp³-hybridized carbons (Fsp3) is 0.278. The summed E-state index contributed by atoms with van der Waals surface area (Å²) >= 11 is 7.66. The third-order valence-electron chi connectivity index (χ3n) is 3.24. The van der Waals surface area contributed by atoms with E-state index in [4.69, 9.17) is 11.6 Å². The van der Waals surface area contributed by atoms with Crippen molar-refractivity contribution >= 4 is 29.3 Å². The summed E-state index contributed by atoms with van der Waals surface area (Å²) in [6.45, 7) is 2.74. The number of hydrogen-bond donors (Lipinski definition) is 1. The molecule has 2 nitrogen and oxygen atoms in total. The molecule has 1 N–H and O–H groups in total. The molecule has 2 rings (SSSR count). The smallest absolute Gasteiger partial charge is 0.224 e. The van der Waals surface area contributed by atoms with E-state index in [1.54, 1.807) is 11.8 Å². The van der Waals surface area contributed by atoms with Crippen molar-refractivity contribution < 1.29 is 4.79 Å². The Morgan fingerprint density at radius 3 is 2.36 bits per heavy atom. The van der Waals surface area contributed by atoms with Gasteiger partial charge in [-0.05, 0) is 30.2 Å². The molecule has 0 saturated carbocycles. The van der Waals surface area contributed by atoms with E-state index in [1.807, 2.05) is 55.5 Å². The van der Waals surface area contributed by atoms with E-state index < -0.39 is 0 Å². The van der Waals surface area contributed by atoms with E-state index >= 15 is 0 Å². The van der Waals surface area contributed by atoms with Gasteiger partial charge in [0.2, 0.25) is 5.91 Å². The van der Waals surface area contributed by atoms with Crippen LogP contribution in [0.1, 0.15) is 16.7 Å². The number of aryl methyl sites for hydroxylation is 1. The number of thioether (sulfide) groups is 1. The van der Waals surface area contributed by atoms with Crippen LogP contribution in [0.3, 0.4) is 0 Å². The van der Waals surface area contributed by atoms with E-state index in [1.165, 1.54) is 11.1 Å². The van der Waals surface area contributed by atoms with Gasteiger partial charge in [-0.3, -0.25) is 4.79 Å². The van der Waals surface area contributed by atoms with Gasteiger partial charge < -0.3 is 5.32 Å². The standard InChI is InChI=1S/C18H20ClNOS/c1-14-2-4-15(5-3-14)12-18(21)20-10-11-22-13-16-6-8-17(19)9-7-16/h2-9H,10-13H2,1H3,(H,20,21). The Balaban J connectivity index is 1.61. The Hall–Kier alpha value is -1.45. The van der Waals surface area contributed by atoms with Gasteiger partial charge in [-0.1, -0.05) is 53.6 Å². The summed E-state index contributed by atoms with van der Waals surface area (Å²) in [4.78, 5) is 11.8. The normalized spacial score (nSPS) is 10.5. The molecular weight excluding hydrogens is 314 g/mol. The molecule has 0 aromatic heterocycles. The summed E-state index contributed by atoms with van der Waals surface area (Å²) in [7, 11) is 0. The lowest BCUT2D eigenvalue weighted by Crippen LogP contribution is -2.27. The Morgan fingerprint density at radius 1 is 1.05 bits per heavy atom. The SMILES string of the molecule is Cc1ccc(CC(=O)NCCSCc2ccc(Cl)cc2)cc1. The molecule has 1 amide bonds. The van der Waals surface area contributed by atoms with Crippen LogP contribution in [-0.2, 0) is 17.0 Å². The van der Waals surface area contributed by atoms with E-state index in [0.29, 0.717) is 13.0 Å². The molecule has 0 bridgehead atoms. The second-order valence-electron chi connectivity index (χ2n) is 5.19. The minimum atomic E-state index is 0.0796. The van der Waals surface area contributed by atoms with Crippen molar-refractivity contribution in [2.24, 2.45) is 0 Å². The molecule has 2 aromatic carbocycles. The molecular formula is C18H20ClNOS. The van der Waals surface area contributed by atoms with E-state index in [2.05, 4.69) is 5.32 Å². The van der Waals surface area contributed by atoms with Gasteiger partial charge in [0.05, 0.1) is 6.42 Å². The van der Waals surface area contributed by atoms with Crippen molar-refractivity contribution in [3.05, 3.63) is 70.2 Å². The molecule has 0 fully saturated rings. The van der Waals surface area contributed by atoms with Gasteiger partial charge >= 0.3 is 0 Å². The first kappa shape index (κ1) is 16.9. The van der Waals surface area contributed by atoms with E-state index in [0.717, 1.165) is 22.1 Å². The average molecular weight is 334 g/mol. The van der Waals surface area contributed by atoms with E-state index in [9.17, 15) is 4.79 Å². The number of carbonyl (C=O) groups is 1. The number of halogens is 1. The molecule has 22 heavy (non-hydrogen) atoms. The average Bonchev–Trinajstić information content (AvgIpc) is 2.51. The van der Waals surface area contributed by atoms with Crippen molar-refractivity contribution in [2.75, 3.05) is 12.3 Å². The van der Waals surface area contributed by atoms with Gasteiger partial charge in [-0.25, -0.2) is 0 Å². The second kappa shape index (κ2) is 8.86. The van der Waals surface area contributed by atoms with Crippen molar-refractivity contribution in [3.8, 4) is 0 Å². The molecule has 116 valence electrons. The van der Waals surface area contributed by atoms with Gasteiger partial charge in [0.25, 0.3) is 0 Å². The fourth-order valence-corrected chi connectivity index (χ4v) is 2.93. The van der Waals surface area contributed by atoms with Gasteiger partial charge in [-0.15, -0.1) is 0 Å². The molecule has 0 atom stereocenters. The van der Waals surface area contributed by atoms with Crippen LogP contribution in [0.5, 0.6) is 0 Å². The molecule has 0 unspecified atom stereocenters. The van der Waals surface area contributed by atoms with Crippen LogP contribution < -0.4 is 5.32 Å². The quantitative estimate of drug-likeness (QED) is 0.768. The van der Waals surface area contributed by atoms with Crippen LogP contribution in [0, 0.1) is 6.92 Å². The summed E-state index contributed by atoms with van der Waals surface area (Å²) in [5.74, 6) is 1.92. The van der Waals surface area contributed by atoms with Crippen molar-refractivity contribution in [2.45, 2.75) is 19.1 Å². The molecule has 0 aliphatic carbocycles. The Labute approximate surface area is 141 Å². The van der Waals surface area contributed by atoms with Gasteiger partial charge in [0, 0.05) is 23.1 Å². The Bertz CT molecular complexity index is 595. The van der Waals surface area contributed by atoms with Crippen molar-refractivity contribution in [3.63, 3.8) is 0 Å². The molecule has 2 aromatic rings. The Kier molecular flexibility index (Phi) is 6.81.